The van der Waals surface area contributed by atoms with Crippen LogP contribution in [-0.2, 0) is 17.8 Å². The zero-order valence-corrected chi connectivity index (χ0v) is 15.1. The van der Waals surface area contributed by atoms with Gasteiger partial charge in [0.2, 0.25) is 0 Å². The van der Waals surface area contributed by atoms with E-state index in [2.05, 4.69) is 15.0 Å². The molecule has 9 heteroatoms. The first-order valence-corrected chi connectivity index (χ1v) is 8.35. The molecule has 0 radical (unpaired) electrons. The summed E-state index contributed by atoms with van der Waals surface area (Å²) in [6.07, 6.45) is -3.54. The number of amides is 1. The number of ether oxygens (including phenoxy) is 1. The van der Waals surface area contributed by atoms with Crippen LogP contribution in [-0.4, -0.2) is 23.0 Å². The lowest BCUT2D eigenvalue weighted by atomic mass is 10.0. The molecule has 150 valence electrons. The number of halogens is 4. The summed E-state index contributed by atoms with van der Waals surface area (Å²) in [5.74, 6) is -2.83. The molecule has 2 rings (SSSR count). The largest absolute Gasteiger partial charge is 0.573 e. The third-order valence-electron chi connectivity index (χ3n) is 3.75. The van der Waals surface area contributed by atoms with Crippen molar-refractivity contribution in [2.24, 2.45) is 5.92 Å². The van der Waals surface area contributed by atoms with E-state index in [9.17, 15) is 27.2 Å². The number of ketones is 1. The highest BCUT2D eigenvalue weighted by Gasteiger charge is 2.32. The predicted molar refractivity (Wildman–Crippen MR) is 92.0 cm³/mol. The Bertz CT molecular complexity index is 866. The van der Waals surface area contributed by atoms with Crippen LogP contribution in [0.5, 0.6) is 5.75 Å². The molecular formula is C19H18F4N2O3. The highest BCUT2D eigenvalue weighted by atomic mass is 19.4. The van der Waals surface area contributed by atoms with Crippen LogP contribution in [0.15, 0.2) is 36.5 Å². The molecule has 0 aliphatic heterocycles. The molecule has 2 aromatic rings. The fourth-order valence-electron chi connectivity index (χ4n) is 2.24. The van der Waals surface area contributed by atoms with Crippen LogP contribution in [0.3, 0.4) is 0 Å². The number of pyridine rings is 1. The van der Waals surface area contributed by atoms with Crippen molar-refractivity contribution in [2.45, 2.75) is 33.2 Å². The molecule has 1 aromatic carbocycles. The van der Waals surface area contributed by atoms with Gasteiger partial charge in [0.25, 0.3) is 5.91 Å². The summed E-state index contributed by atoms with van der Waals surface area (Å²) >= 11 is 0. The lowest BCUT2D eigenvalue weighted by Crippen LogP contribution is -2.23. The Labute approximate surface area is 158 Å². The summed E-state index contributed by atoms with van der Waals surface area (Å²) in [6, 6.07) is 5.84. The second kappa shape index (κ2) is 8.81. The molecule has 0 saturated carbocycles. The van der Waals surface area contributed by atoms with Crippen molar-refractivity contribution < 1.29 is 31.9 Å². The standard InChI is InChI=1S/C19H18F4N2O3/c1-11(2)16(26)9-14-8-13(5-6-24-14)18(27)25-10-12-3-4-15(20)17(7-12)28-19(21,22)23/h3-8,11H,9-10H2,1-2H3,(H,25,27). The normalized spacial score (nSPS) is 11.4. The number of hydrogen-bond donors (Lipinski definition) is 1. The Kier molecular flexibility index (Phi) is 6.71. The molecule has 0 aliphatic carbocycles. The topological polar surface area (TPSA) is 68.3 Å². The van der Waals surface area contributed by atoms with Gasteiger partial charge in [-0.05, 0) is 29.8 Å². The number of hydrogen-bond acceptors (Lipinski definition) is 4. The highest BCUT2D eigenvalue weighted by molar-refractivity contribution is 5.94. The van der Waals surface area contributed by atoms with Crippen LogP contribution in [0, 0.1) is 11.7 Å². The van der Waals surface area contributed by atoms with Crippen molar-refractivity contribution in [3.05, 3.63) is 59.2 Å². The first-order valence-electron chi connectivity index (χ1n) is 8.35. The summed E-state index contributed by atoms with van der Waals surface area (Å²) in [7, 11) is 0. The summed E-state index contributed by atoms with van der Waals surface area (Å²) in [6.45, 7) is 3.38. The molecule has 1 aromatic heterocycles. The minimum atomic E-state index is -5.02. The van der Waals surface area contributed by atoms with E-state index in [1.165, 1.54) is 24.4 Å². The minimum Gasteiger partial charge on any atom is -0.403 e. The Morgan fingerprint density at radius 3 is 2.54 bits per heavy atom. The van der Waals surface area contributed by atoms with E-state index >= 15 is 0 Å². The molecule has 1 N–H and O–H groups in total. The quantitative estimate of drug-likeness (QED) is 0.720. The van der Waals surface area contributed by atoms with Gasteiger partial charge in [0.05, 0.1) is 0 Å². The van der Waals surface area contributed by atoms with Crippen LogP contribution in [0.1, 0.15) is 35.5 Å². The second-order valence-electron chi connectivity index (χ2n) is 6.33. The van der Waals surface area contributed by atoms with Gasteiger partial charge in [-0.15, -0.1) is 13.2 Å². The van der Waals surface area contributed by atoms with Crippen molar-refractivity contribution >= 4 is 11.7 Å². The Hall–Kier alpha value is -2.97. The smallest absolute Gasteiger partial charge is 0.403 e. The number of aromatic nitrogens is 1. The number of Topliss-reactive ketones (excluding diaryl/α,β-unsaturated/α-hetero) is 1. The van der Waals surface area contributed by atoms with Crippen molar-refractivity contribution in [1.82, 2.24) is 10.3 Å². The van der Waals surface area contributed by atoms with E-state index in [1.807, 2.05) is 0 Å². The lowest BCUT2D eigenvalue weighted by molar-refractivity contribution is -0.275. The SMILES string of the molecule is CC(C)C(=O)Cc1cc(C(=O)NCc2ccc(F)c(OC(F)(F)F)c2)ccn1. The van der Waals surface area contributed by atoms with Gasteiger partial charge in [-0.1, -0.05) is 19.9 Å². The minimum absolute atomic E-state index is 0.0198. The Balaban J connectivity index is 2.04. The Morgan fingerprint density at radius 2 is 1.89 bits per heavy atom. The van der Waals surface area contributed by atoms with Gasteiger partial charge >= 0.3 is 6.36 Å². The number of carbonyl (C=O) groups is 2. The van der Waals surface area contributed by atoms with E-state index in [4.69, 9.17) is 0 Å². The van der Waals surface area contributed by atoms with Crippen LogP contribution in [0.25, 0.3) is 0 Å². The van der Waals surface area contributed by atoms with Gasteiger partial charge in [0.15, 0.2) is 11.6 Å². The van der Waals surface area contributed by atoms with Crippen molar-refractivity contribution in [3.8, 4) is 5.75 Å². The molecule has 0 saturated heterocycles. The second-order valence-corrected chi connectivity index (χ2v) is 6.33. The third kappa shape index (κ3) is 6.33. The van der Waals surface area contributed by atoms with Gasteiger partial charge in [0, 0.05) is 36.3 Å². The molecule has 28 heavy (non-hydrogen) atoms. The molecule has 5 nitrogen and oxygen atoms in total. The number of nitrogens with zero attached hydrogens (tertiary/aromatic N) is 1. The van der Waals surface area contributed by atoms with Crippen molar-refractivity contribution in [3.63, 3.8) is 0 Å². The summed E-state index contributed by atoms with van der Waals surface area (Å²) < 4.78 is 53.9. The average molecular weight is 398 g/mol. The number of nitrogens with one attached hydrogen (secondary N) is 1. The van der Waals surface area contributed by atoms with Crippen LogP contribution in [0.4, 0.5) is 17.6 Å². The van der Waals surface area contributed by atoms with Gasteiger partial charge in [-0.2, -0.15) is 0 Å². The monoisotopic (exact) mass is 398 g/mol. The maximum atomic E-state index is 13.4. The maximum absolute atomic E-state index is 13.4. The van der Waals surface area contributed by atoms with E-state index in [0.717, 1.165) is 12.1 Å². The molecule has 0 unspecified atom stereocenters. The third-order valence-corrected chi connectivity index (χ3v) is 3.75. The first kappa shape index (κ1) is 21.3. The van der Waals surface area contributed by atoms with E-state index in [-0.39, 0.29) is 35.8 Å². The zero-order chi connectivity index (χ0) is 20.9. The van der Waals surface area contributed by atoms with Crippen molar-refractivity contribution in [1.29, 1.82) is 0 Å². The maximum Gasteiger partial charge on any atom is 0.573 e. The lowest BCUT2D eigenvalue weighted by Gasteiger charge is -2.12. The number of benzene rings is 1. The predicted octanol–water partition coefficient (Wildman–Crippen LogP) is 3.82. The van der Waals surface area contributed by atoms with Crippen molar-refractivity contribution in [2.75, 3.05) is 0 Å². The van der Waals surface area contributed by atoms with Crippen LogP contribution in [0.2, 0.25) is 0 Å². The van der Waals surface area contributed by atoms with Gasteiger partial charge in [0.1, 0.15) is 5.78 Å². The molecule has 0 atom stereocenters. The van der Waals surface area contributed by atoms with Gasteiger partial charge in [-0.3, -0.25) is 14.6 Å². The molecule has 1 amide bonds. The molecule has 0 spiro atoms. The molecule has 1 heterocycles. The van der Waals surface area contributed by atoms with E-state index in [0.29, 0.717) is 5.69 Å². The fraction of sp³-hybridized carbons (Fsp3) is 0.316. The van der Waals surface area contributed by atoms with E-state index < -0.39 is 23.8 Å². The highest BCUT2D eigenvalue weighted by Crippen LogP contribution is 2.26. The van der Waals surface area contributed by atoms with Gasteiger partial charge < -0.3 is 10.1 Å². The van der Waals surface area contributed by atoms with Crippen LogP contribution < -0.4 is 10.1 Å². The fourth-order valence-corrected chi connectivity index (χ4v) is 2.24. The average Bonchev–Trinajstić information content (AvgIpc) is 2.61. The summed E-state index contributed by atoms with van der Waals surface area (Å²) in [5, 5.41) is 2.52. The number of carbonyl (C=O) groups excluding carboxylic acids is 2. The number of alkyl halides is 3. The van der Waals surface area contributed by atoms with Gasteiger partial charge in [-0.25, -0.2) is 4.39 Å². The summed E-state index contributed by atoms with van der Waals surface area (Å²) in [4.78, 5) is 28.1. The first-order chi connectivity index (χ1) is 13.0. The summed E-state index contributed by atoms with van der Waals surface area (Å²) in [5.41, 5.74) is 0.905. The number of rotatable bonds is 7. The molecule has 0 fully saturated rings. The molecular weight excluding hydrogens is 380 g/mol. The van der Waals surface area contributed by atoms with E-state index in [1.54, 1.807) is 13.8 Å². The Morgan fingerprint density at radius 1 is 1.18 bits per heavy atom. The molecule has 0 bridgehead atoms. The van der Waals surface area contributed by atoms with Crippen LogP contribution >= 0.6 is 0 Å². The molecule has 0 aliphatic rings. The zero-order valence-electron chi connectivity index (χ0n) is 15.1.